The van der Waals surface area contributed by atoms with Gasteiger partial charge in [-0.2, -0.15) is 27.4 Å². The average Bonchev–Trinajstić information content (AvgIpc) is 3.46. The Kier molecular flexibility index (Phi) is 5.44. The van der Waals surface area contributed by atoms with Gasteiger partial charge in [0.15, 0.2) is 0 Å². The number of piperazine rings is 1. The molecule has 33 heavy (non-hydrogen) atoms. The van der Waals surface area contributed by atoms with Crippen LogP contribution in [0.5, 0.6) is 0 Å². The first-order chi connectivity index (χ1) is 15.8. The van der Waals surface area contributed by atoms with Crippen molar-refractivity contribution in [3.63, 3.8) is 0 Å². The number of H-pyrrole nitrogens is 1. The Hall–Kier alpha value is -2.85. The summed E-state index contributed by atoms with van der Waals surface area (Å²) in [5.74, 6) is 0. The number of nitriles is 1. The Labute approximate surface area is 192 Å². The quantitative estimate of drug-likeness (QED) is 0.571. The number of hydrogen-bond acceptors (Lipinski definition) is 7. The van der Waals surface area contributed by atoms with E-state index in [2.05, 4.69) is 31.0 Å². The molecule has 0 radical (unpaired) electrons. The zero-order chi connectivity index (χ0) is 23.2. The average molecular weight is 470 g/mol. The molecule has 1 saturated carbocycles. The molecule has 0 spiro atoms. The van der Waals surface area contributed by atoms with Gasteiger partial charge in [0.2, 0.25) is 0 Å². The molecule has 0 aromatic carbocycles. The summed E-state index contributed by atoms with van der Waals surface area (Å²) >= 11 is 0. The van der Waals surface area contributed by atoms with Crippen LogP contribution in [0.25, 0.3) is 22.3 Å². The van der Waals surface area contributed by atoms with Gasteiger partial charge in [-0.25, -0.2) is 9.97 Å². The van der Waals surface area contributed by atoms with Gasteiger partial charge >= 0.3 is 0 Å². The minimum Gasteiger partial charge on any atom is -0.346 e. The molecule has 1 saturated heterocycles. The van der Waals surface area contributed by atoms with Crippen molar-refractivity contribution in [1.29, 1.82) is 5.26 Å². The Balaban J connectivity index is 1.30. The van der Waals surface area contributed by atoms with Crippen molar-refractivity contribution in [3.05, 3.63) is 31.0 Å². The van der Waals surface area contributed by atoms with Crippen LogP contribution >= 0.6 is 0 Å². The third-order valence-corrected chi connectivity index (χ3v) is 8.85. The van der Waals surface area contributed by atoms with Gasteiger partial charge in [-0.3, -0.25) is 9.58 Å². The van der Waals surface area contributed by atoms with Gasteiger partial charge in [-0.05, 0) is 18.9 Å². The molecule has 4 heterocycles. The lowest BCUT2D eigenvalue weighted by atomic mass is 9.70. The normalized spacial score (nSPS) is 24.7. The first-order valence-electron chi connectivity index (χ1n) is 11.0. The van der Waals surface area contributed by atoms with Crippen LogP contribution in [0.2, 0.25) is 0 Å². The van der Waals surface area contributed by atoms with Gasteiger partial charge in [0.05, 0.1) is 29.9 Å². The summed E-state index contributed by atoms with van der Waals surface area (Å²) in [6, 6.07) is 4.60. The summed E-state index contributed by atoms with van der Waals surface area (Å²) in [6.07, 6.45) is 9.15. The van der Waals surface area contributed by atoms with Gasteiger partial charge in [0.25, 0.3) is 10.2 Å². The lowest BCUT2D eigenvalue weighted by Gasteiger charge is -2.52. The highest BCUT2D eigenvalue weighted by atomic mass is 32.2. The Bertz CT molecular complexity index is 1290. The molecule has 0 atom stereocenters. The third-order valence-electron chi connectivity index (χ3n) is 6.91. The molecule has 1 aliphatic heterocycles. The van der Waals surface area contributed by atoms with Crippen molar-refractivity contribution in [2.75, 3.05) is 40.3 Å². The molecule has 11 nitrogen and oxygen atoms in total. The zero-order valence-electron chi connectivity index (χ0n) is 18.7. The van der Waals surface area contributed by atoms with Gasteiger partial charge < -0.3 is 4.98 Å². The van der Waals surface area contributed by atoms with Crippen molar-refractivity contribution >= 4 is 21.2 Å². The number of aromatic amines is 1. The van der Waals surface area contributed by atoms with E-state index in [1.165, 1.54) is 14.9 Å². The second-order valence-corrected chi connectivity index (χ2v) is 11.1. The van der Waals surface area contributed by atoms with Crippen molar-refractivity contribution in [1.82, 2.24) is 38.2 Å². The minimum atomic E-state index is -3.38. The predicted octanol–water partition coefficient (Wildman–Crippen LogP) is 1.02. The van der Waals surface area contributed by atoms with E-state index < -0.39 is 10.2 Å². The van der Waals surface area contributed by atoms with E-state index in [1.54, 1.807) is 20.3 Å². The summed E-state index contributed by atoms with van der Waals surface area (Å²) in [5.41, 5.74) is 2.13. The van der Waals surface area contributed by atoms with E-state index in [9.17, 15) is 13.7 Å². The van der Waals surface area contributed by atoms with E-state index in [1.807, 2.05) is 23.1 Å². The lowest BCUT2D eigenvalue weighted by Crippen LogP contribution is -2.61. The van der Waals surface area contributed by atoms with Crippen LogP contribution in [-0.2, 0) is 15.7 Å². The second kappa shape index (κ2) is 8.18. The SMILES string of the molecule is CN(C)S(=O)(=O)N1CCN(C2CC(CC#N)(n3cc(-c4ncnc5[nH]ccc45)cn3)C2)CC1. The van der Waals surface area contributed by atoms with Crippen LogP contribution in [0.15, 0.2) is 31.0 Å². The number of rotatable bonds is 6. The van der Waals surface area contributed by atoms with Crippen LogP contribution in [0, 0.1) is 11.3 Å². The van der Waals surface area contributed by atoms with Gasteiger partial charge in [-0.15, -0.1) is 0 Å². The molecule has 12 heteroatoms. The van der Waals surface area contributed by atoms with Crippen LogP contribution in [0.3, 0.4) is 0 Å². The van der Waals surface area contributed by atoms with Gasteiger partial charge in [0.1, 0.15) is 12.0 Å². The molecular weight excluding hydrogens is 442 g/mol. The summed E-state index contributed by atoms with van der Waals surface area (Å²) in [7, 11) is -0.257. The van der Waals surface area contributed by atoms with Crippen LogP contribution in [0.1, 0.15) is 19.3 Å². The smallest absolute Gasteiger partial charge is 0.281 e. The highest BCUT2D eigenvalue weighted by molar-refractivity contribution is 7.86. The van der Waals surface area contributed by atoms with E-state index in [0.29, 0.717) is 38.6 Å². The molecule has 5 rings (SSSR count). The summed E-state index contributed by atoms with van der Waals surface area (Å²) in [6.45, 7) is 2.34. The topological polar surface area (TPSA) is 127 Å². The summed E-state index contributed by atoms with van der Waals surface area (Å²) in [4.78, 5) is 14.1. The molecule has 1 N–H and O–H groups in total. The second-order valence-electron chi connectivity index (χ2n) is 8.98. The lowest BCUT2D eigenvalue weighted by molar-refractivity contribution is -0.00931. The monoisotopic (exact) mass is 469 g/mol. The van der Waals surface area contributed by atoms with E-state index in [-0.39, 0.29) is 5.54 Å². The van der Waals surface area contributed by atoms with E-state index >= 15 is 0 Å². The van der Waals surface area contributed by atoms with Crippen molar-refractivity contribution in [2.45, 2.75) is 30.8 Å². The molecular formula is C21H27N9O2S. The number of nitrogens with zero attached hydrogens (tertiary/aromatic N) is 8. The van der Waals surface area contributed by atoms with E-state index in [0.717, 1.165) is 35.1 Å². The Morgan fingerprint density at radius 2 is 2.00 bits per heavy atom. The highest BCUT2D eigenvalue weighted by Crippen LogP contribution is 2.45. The Morgan fingerprint density at radius 3 is 2.70 bits per heavy atom. The summed E-state index contributed by atoms with van der Waals surface area (Å²) in [5, 5.41) is 15.1. The largest absolute Gasteiger partial charge is 0.346 e. The van der Waals surface area contributed by atoms with Crippen LogP contribution < -0.4 is 0 Å². The van der Waals surface area contributed by atoms with E-state index in [4.69, 9.17) is 0 Å². The molecule has 0 amide bonds. The zero-order valence-corrected chi connectivity index (χ0v) is 19.5. The van der Waals surface area contributed by atoms with Gasteiger partial charge in [-0.1, -0.05) is 0 Å². The number of aromatic nitrogens is 5. The van der Waals surface area contributed by atoms with Gasteiger partial charge in [0, 0.05) is 69.7 Å². The molecule has 0 bridgehead atoms. The molecule has 2 aliphatic rings. The maximum atomic E-state index is 12.4. The van der Waals surface area contributed by atoms with Crippen molar-refractivity contribution in [2.24, 2.45) is 0 Å². The maximum Gasteiger partial charge on any atom is 0.281 e. The molecule has 2 fully saturated rings. The number of hydrogen-bond donors (Lipinski definition) is 1. The van der Waals surface area contributed by atoms with Crippen molar-refractivity contribution in [3.8, 4) is 17.3 Å². The first-order valence-corrected chi connectivity index (χ1v) is 12.4. The fourth-order valence-electron chi connectivity index (χ4n) is 4.97. The highest BCUT2D eigenvalue weighted by Gasteiger charge is 2.49. The first kappa shape index (κ1) is 22.0. The standard InChI is InChI=1S/C21H27N9O2S/c1-27(2)33(31,32)29-9-7-28(8-10-29)17-11-21(12-17,4-5-22)30-14-16(13-26-30)19-18-3-6-23-20(18)25-15-24-19/h3,6,13-15,17H,4,7-12H2,1-2H3,(H,23,24,25). The molecule has 3 aromatic heterocycles. The number of nitrogens with one attached hydrogen (secondary N) is 1. The Morgan fingerprint density at radius 1 is 1.24 bits per heavy atom. The van der Waals surface area contributed by atoms with Crippen LogP contribution in [0.4, 0.5) is 0 Å². The molecule has 0 unspecified atom stereocenters. The third kappa shape index (κ3) is 3.71. The maximum absolute atomic E-state index is 12.4. The van der Waals surface area contributed by atoms with Crippen molar-refractivity contribution < 1.29 is 8.42 Å². The minimum absolute atomic E-state index is 0.311. The fourth-order valence-corrected chi connectivity index (χ4v) is 6.06. The predicted molar refractivity (Wildman–Crippen MR) is 122 cm³/mol. The molecule has 174 valence electrons. The number of fused-ring (bicyclic) bond motifs is 1. The fraction of sp³-hybridized carbons (Fsp3) is 0.524. The van der Waals surface area contributed by atoms with Crippen LogP contribution in [-0.4, -0.2) is 93.0 Å². The summed E-state index contributed by atoms with van der Waals surface area (Å²) < 4.78 is 29.5. The molecule has 3 aromatic rings. The molecule has 1 aliphatic carbocycles.